The van der Waals surface area contributed by atoms with Crippen molar-refractivity contribution < 1.29 is 28.7 Å². The van der Waals surface area contributed by atoms with E-state index in [0.29, 0.717) is 11.4 Å². The molecule has 6 rings (SSSR count). The van der Waals surface area contributed by atoms with Gasteiger partial charge in [-0.2, -0.15) is 0 Å². The Balaban J connectivity index is 1.46. The van der Waals surface area contributed by atoms with Gasteiger partial charge in [0.05, 0.1) is 19.1 Å². The van der Waals surface area contributed by atoms with Crippen molar-refractivity contribution in [2.24, 2.45) is 5.92 Å². The first kappa shape index (κ1) is 45.5. The fourth-order valence-electron chi connectivity index (χ4n) is 7.77. The summed E-state index contributed by atoms with van der Waals surface area (Å²) in [6.07, 6.45) is 2.92. The molecule has 0 spiro atoms. The van der Waals surface area contributed by atoms with Crippen LogP contribution < -0.4 is 15.5 Å². The number of carbonyl (C=O) groups excluding carboxylic acids is 4. The van der Waals surface area contributed by atoms with Crippen LogP contribution in [0.3, 0.4) is 0 Å². The van der Waals surface area contributed by atoms with E-state index in [1.807, 2.05) is 115 Å². The first-order valence-corrected chi connectivity index (χ1v) is 21.2. The highest BCUT2D eigenvalue weighted by atomic mass is 16.6. The highest BCUT2D eigenvalue weighted by Crippen LogP contribution is 2.41. The third-order valence-electron chi connectivity index (χ3n) is 10.9. The van der Waals surface area contributed by atoms with Gasteiger partial charge >= 0.3 is 12.1 Å². The Kier molecular flexibility index (Phi) is 14.6. The van der Waals surface area contributed by atoms with Crippen LogP contribution in [0.5, 0.6) is 0 Å². The van der Waals surface area contributed by atoms with Crippen LogP contribution in [0.2, 0.25) is 0 Å². The molecule has 0 aliphatic heterocycles. The number of imidazole rings is 1. The van der Waals surface area contributed by atoms with Crippen molar-refractivity contribution in [1.82, 2.24) is 20.2 Å². The van der Waals surface area contributed by atoms with Crippen LogP contribution in [0.15, 0.2) is 158 Å². The number of aromatic nitrogens is 2. The molecule has 0 bridgehead atoms. The molecule has 3 atom stereocenters. The van der Waals surface area contributed by atoms with Gasteiger partial charge in [-0.25, -0.2) is 14.6 Å². The maximum atomic E-state index is 15.1. The lowest BCUT2D eigenvalue weighted by Crippen LogP contribution is -2.59. The van der Waals surface area contributed by atoms with E-state index in [9.17, 15) is 14.4 Å². The Morgan fingerprint density at radius 1 is 0.683 bits per heavy atom. The van der Waals surface area contributed by atoms with Crippen LogP contribution in [0, 0.1) is 12.8 Å². The molecule has 1 aromatic heterocycles. The number of rotatable bonds is 16. The normalized spacial score (nSPS) is 13.0. The number of ether oxygens (including phenoxy) is 2. The standard InChI is InChI=1S/C52H57N5O6/c1-36(2)46(49(60)62-7)55-47(58)44(54-48(59)45(32-38-20-12-8-13-21-38)57(50(61)63-51(4,5)6)43-30-28-37(3)29-31-43)33-42-34-56(35-53-42)52(39-22-14-9-15-23-39,40-24-16-10-17-25-40)41-26-18-11-19-27-41/h8-31,34-36,44-46H,32-33H2,1-7H3,(H,54,59)(H,55,58)/t44-,45-,46-/m0/s1. The monoisotopic (exact) mass is 847 g/mol. The Labute approximate surface area is 370 Å². The number of anilines is 1. The number of nitrogens with zero attached hydrogens (tertiary/aromatic N) is 3. The molecule has 0 aliphatic rings. The van der Waals surface area contributed by atoms with E-state index in [1.165, 1.54) is 12.0 Å². The first-order valence-electron chi connectivity index (χ1n) is 21.2. The first-order chi connectivity index (χ1) is 30.2. The van der Waals surface area contributed by atoms with E-state index in [4.69, 9.17) is 14.5 Å². The zero-order chi connectivity index (χ0) is 45.1. The number of hydrogen-bond acceptors (Lipinski definition) is 7. The molecule has 1 heterocycles. The molecule has 0 saturated carbocycles. The average Bonchev–Trinajstić information content (AvgIpc) is 3.75. The molecule has 2 N–H and O–H groups in total. The minimum Gasteiger partial charge on any atom is -0.467 e. The Hall–Kier alpha value is -7.01. The van der Waals surface area contributed by atoms with Gasteiger partial charge in [-0.15, -0.1) is 0 Å². The molecule has 6 aromatic rings. The number of methoxy groups -OCH3 is 1. The van der Waals surface area contributed by atoms with Crippen molar-refractivity contribution in [3.8, 4) is 0 Å². The summed E-state index contributed by atoms with van der Waals surface area (Å²) in [6.45, 7) is 10.8. The van der Waals surface area contributed by atoms with Gasteiger partial charge in [0.15, 0.2) is 0 Å². The lowest BCUT2D eigenvalue weighted by Gasteiger charge is -2.37. The van der Waals surface area contributed by atoms with Gasteiger partial charge in [0, 0.05) is 24.7 Å². The van der Waals surface area contributed by atoms with Crippen LogP contribution in [-0.4, -0.2) is 64.3 Å². The quantitative estimate of drug-likeness (QED) is 0.0739. The predicted molar refractivity (Wildman–Crippen MR) is 245 cm³/mol. The summed E-state index contributed by atoms with van der Waals surface area (Å²) in [5.74, 6) is -2.20. The Bertz CT molecular complexity index is 2340. The van der Waals surface area contributed by atoms with E-state index in [-0.39, 0.29) is 18.8 Å². The summed E-state index contributed by atoms with van der Waals surface area (Å²) in [5.41, 5.74) is 3.85. The number of aryl methyl sites for hydroxylation is 1. The second kappa shape index (κ2) is 20.2. The van der Waals surface area contributed by atoms with E-state index >= 15 is 4.79 Å². The number of amides is 3. The van der Waals surface area contributed by atoms with Gasteiger partial charge < -0.3 is 24.7 Å². The topological polar surface area (TPSA) is 132 Å². The Morgan fingerprint density at radius 2 is 1.19 bits per heavy atom. The zero-order valence-corrected chi connectivity index (χ0v) is 37.0. The molecule has 0 radical (unpaired) electrons. The molecule has 0 saturated heterocycles. The van der Waals surface area contributed by atoms with Crippen molar-refractivity contribution in [3.05, 3.63) is 192 Å². The number of carbonyl (C=O) groups is 4. The molecule has 11 heteroatoms. The smallest absolute Gasteiger partial charge is 0.415 e. The number of esters is 1. The maximum Gasteiger partial charge on any atom is 0.415 e. The van der Waals surface area contributed by atoms with Crippen molar-refractivity contribution in [1.29, 1.82) is 0 Å². The molecular formula is C52H57N5O6. The second-order valence-electron chi connectivity index (χ2n) is 17.0. The molecular weight excluding hydrogens is 791 g/mol. The second-order valence-corrected chi connectivity index (χ2v) is 17.0. The molecule has 326 valence electrons. The van der Waals surface area contributed by atoms with E-state index in [1.54, 1.807) is 53.1 Å². The van der Waals surface area contributed by atoms with Gasteiger partial charge in [0.2, 0.25) is 11.8 Å². The third kappa shape index (κ3) is 10.9. The van der Waals surface area contributed by atoms with Crippen molar-refractivity contribution in [2.45, 2.75) is 83.6 Å². The SMILES string of the molecule is COC(=O)[C@@H](NC(=O)[C@H](Cc1cn(C(c2ccccc2)(c2ccccc2)c2ccccc2)cn1)NC(=O)[C@H](Cc1ccccc1)N(C(=O)OC(C)(C)C)c1ccc(C)cc1)C(C)C. The van der Waals surface area contributed by atoms with Gasteiger partial charge in [-0.05, 0) is 68.0 Å². The van der Waals surface area contributed by atoms with Crippen LogP contribution in [0.1, 0.15) is 68.1 Å². The summed E-state index contributed by atoms with van der Waals surface area (Å²) >= 11 is 0. The van der Waals surface area contributed by atoms with E-state index < -0.39 is 53.1 Å². The summed E-state index contributed by atoms with van der Waals surface area (Å²) in [7, 11) is 1.26. The lowest BCUT2D eigenvalue weighted by atomic mass is 9.77. The highest BCUT2D eigenvalue weighted by molar-refractivity contribution is 5.99. The van der Waals surface area contributed by atoms with Crippen molar-refractivity contribution in [3.63, 3.8) is 0 Å². The van der Waals surface area contributed by atoms with Gasteiger partial charge in [0.25, 0.3) is 0 Å². The van der Waals surface area contributed by atoms with Gasteiger partial charge in [-0.1, -0.05) is 153 Å². The Morgan fingerprint density at radius 3 is 1.67 bits per heavy atom. The summed E-state index contributed by atoms with van der Waals surface area (Å²) in [6, 6.07) is 43.5. The summed E-state index contributed by atoms with van der Waals surface area (Å²) in [5, 5.41) is 5.86. The number of nitrogens with one attached hydrogen (secondary N) is 2. The van der Waals surface area contributed by atoms with Crippen LogP contribution in [0.4, 0.5) is 10.5 Å². The van der Waals surface area contributed by atoms with Crippen LogP contribution >= 0.6 is 0 Å². The van der Waals surface area contributed by atoms with Gasteiger partial charge in [-0.3, -0.25) is 14.5 Å². The minimum atomic E-state index is -1.26. The largest absolute Gasteiger partial charge is 0.467 e. The van der Waals surface area contributed by atoms with Crippen LogP contribution in [0.25, 0.3) is 0 Å². The fraction of sp³-hybridized carbons (Fsp3) is 0.288. The summed E-state index contributed by atoms with van der Waals surface area (Å²) < 4.78 is 13.0. The van der Waals surface area contributed by atoms with Crippen molar-refractivity contribution in [2.75, 3.05) is 12.0 Å². The molecule has 0 unspecified atom stereocenters. The van der Waals surface area contributed by atoms with Crippen LogP contribution in [-0.2, 0) is 42.2 Å². The molecule has 0 aliphatic carbocycles. The molecule has 11 nitrogen and oxygen atoms in total. The number of hydrogen-bond donors (Lipinski definition) is 2. The highest BCUT2D eigenvalue weighted by Gasteiger charge is 2.40. The van der Waals surface area contributed by atoms with E-state index in [0.717, 1.165) is 27.8 Å². The predicted octanol–water partition coefficient (Wildman–Crippen LogP) is 8.43. The van der Waals surface area contributed by atoms with Gasteiger partial charge in [0.1, 0.15) is 29.3 Å². The third-order valence-corrected chi connectivity index (χ3v) is 10.9. The summed E-state index contributed by atoms with van der Waals surface area (Å²) in [4.78, 5) is 63.1. The minimum absolute atomic E-state index is 0.0694. The maximum absolute atomic E-state index is 15.1. The zero-order valence-electron chi connectivity index (χ0n) is 37.0. The fourth-order valence-corrected chi connectivity index (χ4v) is 7.77. The molecule has 3 amide bonds. The van der Waals surface area contributed by atoms with Crippen molar-refractivity contribution >= 4 is 29.6 Å². The average molecular weight is 848 g/mol. The molecule has 63 heavy (non-hydrogen) atoms. The number of benzene rings is 5. The molecule has 5 aromatic carbocycles. The van der Waals surface area contributed by atoms with E-state index in [2.05, 4.69) is 47.0 Å². The lowest BCUT2D eigenvalue weighted by molar-refractivity contribution is -0.146. The molecule has 0 fully saturated rings.